The van der Waals surface area contributed by atoms with Crippen LogP contribution < -0.4 is 16.6 Å². The molecular formula is C29H22F3N5O2. The fourth-order valence-electron chi connectivity index (χ4n) is 4.90. The molecule has 2 aromatic heterocycles. The van der Waals surface area contributed by atoms with Gasteiger partial charge in [0.05, 0.1) is 27.7 Å². The summed E-state index contributed by atoms with van der Waals surface area (Å²) in [7, 11) is 0. The molecule has 7 nitrogen and oxygen atoms in total. The fourth-order valence-corrected chi connectivity index (χ4v) is 4.90. The lowest BCUT2D eigenvalue weighted by Gasteiger charge is -2.15. The largest absolute Gasteiger partial charge is 0.416 e. The number of amides is 1. The third kappa shape index (κ3) is 4.38. The molecule has 39 heavy (non-hydrogen) atoms. The third-order valence-electron chi connectivity index (χ3n) is 6.62. The maximum Gasteiger partial charge on any atom is 0.416 e. The second-order valence-corrected chi connectivity index (χ2v) is 8.94. The number of fused-ring (bicyclic) bond motifs is 3. The van der Waals surface area contributed by atoms with E-state index in [1.807, 2.05) is 6.92 Å². The zero-order valence-corrected chi connectivity index (χ0v) is 20.7. The first-order valence-corrected chi connectivity index (χ1v) is 12.1. The number of anilines is 2. The molecule has 0 fully saturated rings. The average molecular weight is 530 g/mol. The van der Waals surface area contributed by atoms with Crippen LogP contribution in [0.5, 0.6) is 0 Å². The number of pyridine rings is 1. The van der Waals surface area contributed by atoms with Crippen molar-refractivity contribution in [2.75, 3.05) is 11.1 Å². The summed E-state index contributed by atoms with van der Waals surface area (Å²) >= 11 is 0. The maximum absolute atomic E-state index is 14.0. The van der Waals surface area contributed by atoms with Gasteiger partial charge in [-0.3, -0.25) is 14.0 Å². The van der Waals surface area contributed by atoms with Gasteiger partial charge in [-0.2, -0.15) is 18.4 Å². The minimum absolute atomic E-state index is 0.183. The molecule has 0 atom stereocenters. The number of alkyl halides is 3. The monoisotopic (exact) mass is 529 g/mol. The zero-order chi connectivity index (χ0) is 27.9. The Balaban J connectivity index is 1.69. The number of imidazole rings is 1. The zero-order valence-electron chi connectivity index (χ0n) is 20.7. The van der Waals surface area contributed by atoms with E-state index in [-0.39, 0.29) is 29.0 Å². The van der Waals surface area contributed by atoms with Crippen LogP contribution in [0.3, 0.4) is 0 Å². The van der Waals surface area contributed by atoms with Crippen LogP contribution in [0, 0.1) is 11.3 Å². The Morgan fingerprint density at radius 1 is 1.00 bits per heavy atom. The van der Waals surface area contributed by atoms with Crippen molar-refractivity contribution in [3.63, 3.8) is 0 Å². The number of aromatic nitrogens is 2. The van der Waals surface area contributed by atoms with Gasteiger partial charge in [0.15, 0.2) is 0 Å². The number of nitrogens with one attached hydrogen (secondary N) is 1. The predicted octanol–water partition coefficient (Wildman–Crippen LogP) is 5.59. The minimum atomic E-state index is -4.49. The highest BCUT2D eigenvalue weighted by molar-refractivity contribution is 5.94. The number of nitriles is 1. The van der Waals surface area contributed by atoms with Crippen molar-refractivity contribution in [3.05, 3.63) is 99.8 Å². The van der Waals surface area contributed by atoms with Gasteiger partial charge >= 0.3 is 6.18 Å². The molecule has 5 rings (SSSR count). The van der Waals surface area contributed by atoms with Crippen LogP contribution in [-0.2, 0) is 23.9 Å². The Hall–Kier alpha value is -5.04. The molecule has 0 saturated heterocycles. The Bertz CT molecular complexity index is 1840. The lowest BCUT2D eigenvalue weighted by molar-refractivity contribution is -0.137. The molecule has 1 amide bonds. The predicted molar refractivity (Wildman–Crippen MR) is 143 cm³/mol. The molecule has 0 aliphatic carbocycles. The fraction of sp³-hybridized carbons (Fsp3) is 0.138. The summed E-state index contributed by atoms with van der Waals surface area (Å²) < 4.78 is 41.7. The molecule has 3 N–H and O–H groups in total. The molecule has 0 aliphatic rings. The average Bonchev–Trinajstić information content (AvgIpc) is 3.23. The Morgan fingerprint density at radius 3 is 2.26 bits per heavy atom. The van der Waals surface area contributed by atoms with Gasteiger partial charge in [0.2, 0.25) is 5.91 Å². The summed E-state index contributed by atoms with van der Waals surface area (Å²) in [4.78, 5) is 27.1. The van der Waals surface area contributed by atoms with Gasteiger partial charge in [-0.05, 0) is 54.4 Å². The number of nitrogens with zero attached hydrogens (tertiary/aromatic N) is 3. The van der Waals surface area contributed by atoms with Crippen LogP contribution in [0.1, 0.15) is 23.6 Å². The third-order valence-corrected chi connectivity index (χ3v) is 6.62. The van der Waals surface area contributed by atoms with Gasteiger partial charge in [0.25, 0.3) is 5.56 Å². The summed E-state index contributed by atoms with van der Waals surface area (Å²) in [6, 6.07) is 20.2. The van der Waals surface area contributed by atoms with Gasteiger partial charge in [-0.1, -0.05) is 37.3 Å². The van der Waals surface area contributed by atoms with E-state index in [4.69, 9.17) is 5.73 Å². The number of para-hydroxylation sites is 3. The molecule has 0 radical (unpaired) electrons. The smallest absolute Gasteiger partial charge is 0.398 e. The summed E-state index contributed by atoms with van der Waals surface area (Å²) in [6.07, 6.45) is -4.13. The lowest BCUT2D eigenvalue weighted by Crippen LogP contribution is -2.23. The first kappa shape index (κ1) is 25.6. The number of hydrogen-bond acceptors (Lipinski definition) is 4. The number of hydrogen-bond donors (Lipinski definition) is 2. The number of halogens is 3. The number of nitrogens with two attached hydrogens (primary N) is 1. The molecule has 0 saturated carbocycles. The Morgan fingerprint density at radius 2 is 1.64 bits per heavy atom. The van der Waals surface area contributed by atoms with E-state index in [9.17, 15) is 28.0 Å². The molecular weight excluding hydrogens is 507 g/mol. The first-order chi connectivity index (χ1) is 18.7. The maximum atomic E-state index is 14.0. The van der Waals surface area contributed by atoms with Crippen LogP contribution in [0.15, 0.2) is 77.6 Å². The molecule has 196 valence electrons. The van der Waals surface area contributed by atoms with Crippen LogP contribution in [0.2, 0.25) is 0 Å². The van der Waals surface area contributed by atoms with Crippen LogP contribution in [0.4, 0.5) is 24.5 Å². The van der Waals surface area contributed by atoms with Gasteiger partial charge in [0.1, 0.15) is 18.3 Å². The summed E-state index contributed by atoms with van der Waals surface area (Å²) in [5.41, 5.74) is 8.45. The van der Waals surface area contributed by atoms with E-state index in [0.717, 1.165) is 12.1 Å². The Labute approximate surface area is 220 Å². The normalized spacial score (nSPS) is 11.6. The quantitative estimate of drug-likeness (QED) is 0.289. The van der Waals surface area contributed by atoms with Crippen molar-refractivity contribution >= 4 is 34.0 Å². The van der Waals surface area contributed by atoms with Gasteiger partial charge in [-0.15, -0.1) is 0 Å². The van der Waals surface area contributed by atoms with E-state index >= 15 is 0 Å². The minimum Gasteiger partial charge on any atom is -0.398 e. The van der Waals surface area contributed by atoms with Gasteiger partial charge < -0.3 is 15.6 Å². The first-order valence-electron chi connectivity index (χ1n) is 12.1. The summed E-state index contributed by atoms with van der Waals surface area (Å²) in [5, 5.41) is 12.9. The molecule has 2 heterocycles. The van der Waals surface area contributed by atoms with Crippen molar-refractivity contribution in [2.24, 2.45) is 0 Å². The molecule has 0 unspecified atom stereocenters. The van der Waals surface area contributed by atoms with Crippen molar-refractivity contribution in [1.82, 2.24) is 8.97 Å². The van der Waals surface area contributed by atoms with E-state index in [0.29, 0.717) is 39.8 Å². The number of benzene rings is 3. The van der Waals surface area contributed by atoms with E-state index in [2.05, 4.69) is 11.4 Å². The standard InChI is InChI=1S/C29H22F3N5O2/c1-2-19-21(15-33)27-36(16-25(38)35-18-13-11-17(12-14-18)29(30,31)32)23-9-5-6-10-24(23)37(27)28(39)26(19)20-7-3-4-8-22(20)34/h3-14H,2,16,34H2,1H3,(H,35,38). The second kappa shape index (κ2) is 9.68. The SMILES string of the molecule is CCc1c(-c2ccccc2N)c(=O)n2c3ccccc3n(CC(=O)Nc3ccc(C(F)(F)F)cc3)c2c1C#N. The van der Waals surface area contributed by atoms with Crippen LogP contribution in [-0.4, -0.2) is 14.9 Å². The van der Waals surface area contributed by atoms with Crippen LogP contribution in [0.25, 0.3) is 27.8 Å². The van der Waals surface area contributed by atoms with Crippen molar-refractivity contribution in [1.29, 1.82) is 5.26 Å². The van der Waals surface area contributed by atoms with E-state index < -0.39 is 17.6 Å². The van der Waals surface area contributed by atoms with E-state index in [1.165, 1.54) is 16.5 Å². The molecule has 0 spiro atoms. The summed E-state index contributed by atoms with van der Waals surface area (Å²) in [6.45, 7) is 1.54. The number of carbonyl (C=O) groups is 1. The Kier molecular flexibility index (Phi) is 6.36. The van der Waals surface area contributed by atoms with Crippen molar-refractivity contribution in [2.45, 2.75) is 26.1 Å². The van der Waals surface area contributed by atoms with Gasteiger partial charge in [-0.25, -0.2) is 0 Å². The topological polar surface area (TPSA) is 105 Å². The highest BCUT2D eigenvalue weighted by atomic mass is 19.4. The molecule has 10 heteroatoms. The molecule has 0 aliphatic heterocycles. The number of nitrogen functional groups attached to an aromatic ring is 1. The molecule has 0 bridgehead atoms. The second-order valence-electron chi connectivity index (χ2n) is 8.94. The number of rotatable bonds is 5. The highest BCUT2D eigenvalue weighted by Gasteiger charge is 2.30. The highest BCUT2D eigenvalue weighted by Crippen LogP contribution is 2.33. The summed E-state index contributed by atoms with van der Waals surface area (Å²) in [5.74, 6) is -0.538. The van der Waals surface area contributed by atoms with Crippen LogP contribution >= 0.6 is 0 Å². The lowest BCUT2D eigenvalue weighted by atomic mass is 9.95. The molecule has 5 aromatic rings. The van der Waals surface area contributed by atoms with Gasteiger partial charge in [0, 0.05) is 16.9 Å². The van der Waals surface area contributed by atoms with Crippen molar-refractivity contribution < 1.29 is 18.0 Å². The number of carbonyl (C=O) groups excluding carboxylic acids is 1. The molecule has 3 aromatic carbocycles. The van der Waals surface area contributed by atoms with Crippen molar-refractivity contribution in [3.8, 4) is 17.2 Å². The van der Waals surface area contributed by atoms with E-state index in [1.54, 1.807) is 53.1 Å².